The molecule has 0 bridgehead atoms. The van der Waals surface area contributed by atoms with Gasteiger partial charge in [-0.15, -0.1) is 0 Å². The number of hydrogen-bond acceptors (Lipinski definition) is 3. The molecule has 3 heteroatoms. The lowest BCUT2D eigenvalue weighted by molar-refractivity contribution is 0.290. The molecule has 1 rings (SSSR count). The maximum atomic E-state index is 4.33. The molecule has 1 aromatic rings. The first-order chi connectivity index (χ1) is 8.55. The lowest BCUT2D eigenvalue weighted by Gasteiger charge is -2.27. The molecule has 0 aliphatic rings. The van der Waals surface area contributed by atoms with E-state index in [-0.39, 0.29) is 6.04 Å². The molecular formula is C15H27N3. The number of rotatable bonds is 8. The maximum Gasteiger partial charge on any atom is 0.0753 e. The highest BCUT2D eigenvalue weighted by Gasteiger charge is 2.18. The van der Waals surface area contributed by atoms with Crippen molar-refractivity contribution in [3.63, 3.8) is 0 Å². The van der Waals surface area contributed by atoms with Gasteiger partial charge in [-0.3, -0.25) is 9.97 Å². The molecule has 1 unspecified atom stereocenters. The van der Waals surface area contributed by atoms with Gasteiger partial charge in [0, 0.05) is 31.2 Å². The topological polar surface area (TPSA) is 37.8 Å². The summed E-state index contributed by atoms with van der Waals surface area (Å²) >= 11 is 0. The van der Waals surface area contributed by atoms with E-state index in [1.807, 2.05) is 6.20 Å². The molecule has 102 valence electrons. The molecule has 0 fully saturated rings. The van der Waals surface area contributed by atoms with Gasteiger partial charge < -0.3 is 5.32 Å². The molecule has 0 saturated heterocycles. The highest BCUT2D eigenvalue weighted by atomic mass is 14.9. The normalized spacial score (nSPS) is 13.6. The van der Waals surface area contributed by atoms with Crippen molar-refractivity contribution in [1.29, 1.82) is 0 Å². The maximum absolute atomic E-state index is 4.33. The van der Waals surface area contributed by atoms with E-state index < -0.39 is 0 Å². The third-order valence-corrected chi connectivity index (χ3v) is 3.37. The van der Waals surface area contributed by atoms with E-state index in [9.17, 15) is 0 Å². The van der Waals surface area contributed by atoms with E-state index >= 15 is 0 Å². The summed E-state index contributed by atoms with van der Waals surface area (Å²) in [5.41, 5.74) is 1.37. The minimum atomic E-state index is 0.268. The molecule has 1 atom stereocenters. The van der Waals surface area contributed by atoms with Gasteiger partial charge in [-0.05, 0) is 18.8 Å². The fourth-order valence-corrected chi connectivity index (χ4v) is 2.01. The van der Waals surface area contributed by atoms with Crippen LogP contribution in [0.1, 0.15) is 65.1 Å². The van der Waals surface area contributed by atoms with Gasteiger partial charge in [0.15, 0.2) is 0 Å². The first-order valence-corrected chi connectivity index (χ1v) is 7.04. The summed E-state index contributed by atoms with van der Waals surface area (Å²) in [6.07, 6.45) is 10.5. The summed E-state index contributed by atoms with van der Waals surface area (Å²) in [6, 6.07) is 0.268. The summed E-state index contributed by atoms with van der Waals surface area (Å²) in [4.78, 5) is 8.44. The first-order valence-electron chi connectivity index (χ1n) is 7.04. The average Bonchev–Trinajstić information content (AvgIpc) is 2.37. The summed E-state index contributed by atoms with van der Waals surface area (Å²) in [7, 11) is 0. The molecule has 0 radical (unpaired) electrons. The molecule has 3 nitrogen and oxygen atoms in total. The van der Waals surface area contributed by atoms with Crippen molar-refractivity contribution in [3.05, 3.63) is 24.3 Å². The third-order valence-electron chi connectivity index (χ3n) is 3.37. The van der Waals surface area contributed by atoms with Crippen molar-refractivity contribution in [2.24, 2.45) is 5.41 Å². The fourth-order valence-electron chi connectivity index (χ4n) is 2.01. The predicted molar refractivity (Wildman–Crippen MR) is 76.4 cm³/mol. The average molecular weight is 249 g/mol. The second kappa shape index (κ2) is 7.47. The van der Waals surface area contributed by atoms with Crippen molar-refractivity contribution >= 4 is 0 Å². The number of unbranched alkanes of at least 4 members (excludes halogenated alkanes) is 2. The molecule has 0 spiro atoms. The van der Waals surface area contributed by atoms with Crippen LogP contribution in [0.25, 0.3) is 0 Å². The van der Waals surface area contributed by atoms with Gasteiger partial charge in [0.25, 0.3) is 0 Å². The van der Waals surface area contributed by atoms with Crippen LogP contribution in [-0.2, 0) is 0 Å². The SMILES string of the molecule is CCCCCC(C)(C)CNC(C)c1cnccn1. The standard InChI is InChI=1S/C15H27N3/c1-5-6-7-8-15(3,4)12-18-13(2)14-11-16-9-10-17-14/h9-11,13,18H,5-8,12H2,1-4H3. The molecule has 0 aromatic carbocycles. The predicted octanol–water partition coefficient (Wildman–Crippen LogP) is 3.73. The Morgan fingerprint density at radius 1 is 1.28 bits per heavy atom. The first kappa shape index (κ1) is 15.1. The van der Waals surface area contributed by atoms with Crippen molar-refractivity contribution in [2.75, 3.05) is 6.54 Å². The van der Waals surface area contributed by atoms with Gasteiger partial charge in [-0.2, -0.15) is 0 Å². The van der Waals surface area contributed by atoms with Crippen LogP contribution in [0.15, 0.2) is 18.6 Å². The zero-order chi connectivity index (χ0) is 13.4. The molecular weight excluding hydrogens is 222 g/mol. The molecule has 1 aromatic heterocycles. The Labute approximate surface area is 111 Å². The van der Waals surface area contributed by atoms with Gasteiger partial charge >= 0.3 is 0 Å². The smallest absolute Gasteiger partial charge is 0.0753 e. The lowest BCUT2D eigenvalue weighted by atomic mass is 9.86. The second-order valence-electron chi connectivity index (χ2n) is 5.85. The summed E-state index contributed by atoms with van der Waals surface area (Å²) < 4.78 is 0. The van der Waals surface area contributed by atoms with Crippen molar-refractivity contribution < 1.29 is 0 Å². The Kier molecular flexibility index (Phi) is 6.27. The van der Waals surface area contributed by atoms with Gasteiger partial charge in [-0.1, -0.05) is 40.0 Å². The number of hydrogen-bond donors (Lipinski definition) is 1. The second-order valence-corrected chi connectivity index (χ2v) is 5.85. The van der Waals surface area contributed by atoms with Crippen LogP contribution in [0, 0.1) is 5.41 Å². The molecule has 0 aliphatic heterocycles. The zero-order valence-electron chi connectivity index (χ0n) is 12.2. The number of nitrogens with zero attached hydrogens (tertiary/aromatic N) is 2. The van der Waals surface area contributed by atoms with E-state index in [1.54, 1.807) is 12.4 Å². The van der Waals surface area contributed by atoms with E-state index in [2.05, 4.69) is 43.0 Å². The Morgan fingerprint density at radius 3 is 2.67 bits per heavy atom. The quantitative estimate of drug-likeness (QED) is 0.713. The van der Waals surface area contributed by atoms with Crippen LogP contribution in [0.3, 0.4) is 0 Å². The van der Waals surface area contributed by atoms with E-state index in [0.717, 1.165) is 12.2 Å². The number of aromatic nitrogens is 2. The summed E-state index contributed by atoms with van der Waals surface area (Å²) in [5, 5.41) is 3.56. The van der Waals surface area contributed by atoms with Crippen molar-refractivity contribution in [1.82, 2.24) is 15.3 Å². The zero-order valence-corrected chi connectivity index (χ0v) is 12.2. The van der Waals surface area contributed by atoms with Crippen molar-refractivity contribution in [2.45, 2.75) is 59.4 Å². The Balaban J connectivity index is 2.35. The minimum Gasteiger partial charge on any atom is -0.308 e. The molecule has 0 saturated carbocycles. The van der Waals surface area contributed by atoms with Crippen molar-refractivity contribution in [3.8, 4) is 0 Å². The van der Waals surface area contributed by atoms with Crippen LogP contribution in [0.5, 0.6) is 0 Å². The monoisotopic (exact) mass is 249 g/mol. The van der Waals surface area contributed by atoms with Crippen LogP contribution in [0.2, 0.25) is 0 Å². The van der Waals surface area contributed by atoms with Gasteiger partial charge in [0.05, 0.1) is 5.69 Å². The van der Waals surface area contributed by atoms with E-state index in [1.165, 1.54) is 25.7 Å². The minimum absolute atomic E-state index is 0.268. The molecule has 1 heterocycles. The van der Waals surface area contributed by atoms with Crippen LogP contribution in [-0.4, -0.2) is 16.5 Å². The number of nitrogens with one attached hydrogen (secondary N) is 1. The highest BCUT2D eigenvalue weighted by Crippen LogP contribution is 2.23. The van der Waals surface area contributed by atoms with E-state index in [4.69, 9.17) is 0 Å². The van der Waals surface area contributed by atoms with Gasteiger partial charge in [0.2, 0.25) is 0 Å². The summed E-state index contributed by atoms with van der Waals surface area (Å²) in [5.74, 6) is 0. The highest BCUT2D eigenvalue weighted by molar-refractivity contribution is 5.00. The molecule has 0 amide bonds. The summed E-state index contributed by atoms with van der Waals surface area (Å²) in [6.45, 7) is 10.1. The Bertz CT molecular complexity index is 322. The third kappa shape index (κ3) is 5.58. The fraction of sp³-hybridized carbons (Fsp3) is 0.733. The van der Waals surface area contributed by atoms with Gasteiger partial charge in [-0.25, -0.2) is 0 Å². The Hall–Kier alpha value is -0.960. The lowest BCUT2D eigenvalue weighted by Crippen LogP contribution is -2.31. The van der Waals surface area contributed by atoms with Crippen LogP contribution < -0.4 is 5.32 Å². The molecule has 18 heavy (non-hydrogen) atoms. The van der Waals surface area contributed by atoms with Crippen LogP contribution in [0.4, 0.5) is 0 Å². The van der Waals surface area contributed by atoms with E-state index in [0.29, 0.717) is 5.41 Å². The molecule has 1 N–H and O–H groups in total. The van der Waals surface area contributed by atoms with Crippen LogP contribution >= 0.6 is 0 Å². The largest absolute Gasteiger partial charge is 0.308 e. The van der Waals surface area contributed by atoms with Gasteiger partial charge in [0.1, 0.15) is 0 Å². The molecule has 0 aliphatic carbocycles. The Morgan fingerprint density at radius 2 is 2.06 bits per heavy atom.